The van der Waals surface area contributed by atoms with E-state index in [0.717, 1.165) is 24.2 Å². The first-order chi connectivity index (χ1) is 6.67. The Morgan fingerprint density at radius 2 is 1.86 bits per heavy atom. The first kappa shape index (κ1) is 8.75. The molecule has 0 saturated heterocycles. The normalized spacial score (nSPS) is 48.7. The van der Waals surface area contributed by atoms with Gasteiger partial charge in [-0.05, 0) is 61.7 Å². The summed E-state index contributed by atoms with van der Waals surface area (Å²) in [5, 5.41) is 8.74. The van der Waals surface area contributed by atoms with Gasteiger partial charge in [-0.1, -0.05) is 0 Å². The average molecular weight is 194 g/mol. The first-order valence-corrected chi connectivity index (χ1v) is 5.89. The molecule has 1 N–H and O–H groups in total. The number of hydrogen-bond acceptors (Lipinski definition) is 1. The van der Waals surface area contributed by atoms with Crippen molar-refractivity contribution in [2.45, 2.75) is 44.9 Å². The highest BCUT2D eigenvalue weighted by Gasteiger charge is 2.55. The molecule has 14 heavy (non-hydrogen) atoms. The van der Waals surface area contributed by atoms with Gasteiger partial charge in [0.25, 0.3) is 0 Å². The summed E-state index contributed by atoms with van der Waals surface area (Å²) in [6.45, 7) is 0. The van der Waals surface area contributed by atoms with Gasteiger partial charge in [0.05, 0.1) is 0 Å². The molecule has 0 aromatic rings. The van der Waals surface area contributed by atoms with Gasteiger partial charge in [0, 0.05) is 6.42 Å². The molecule has 2 nitrogen and oxygen atoms in total. The zero-order valence-electron chi connectivity index (χ0n) is 8.54. The maximum atomic E-state index is 10.6. The molecule has 2 unspecified atom stereocenters. The molecule has 0 aromatic heterocycles. The van der Waals surface area contributed by atoms with Gasteiger partial charge in [0.1, 0.15) is 0 Å². The molecule has 4 fully saturated rings. The summed E-state index contributed by atoms with van der Waals surface area (Å²) in [4.78, 5) is 10.6. The van der Waals surface area contributed by atoms with Gasteiger partial charge in [-0.25, -0.2) is 0 Å². The third kappa shape index (κ3) is 1.19. The van der Waals surface area contributed by atoms with Crippen LogP contribution in [0.1, 0.15) is 44.9 Å². The van der Waals surface area contributed by atoms with Crippen molar-refractivity contribution in [1.82, 2.24) is 0 Å². The molecule has 4 bridgehead atoms. The van der Waals surface area contributed by atoms with E-state index in [2.05, 4.69) is 0 Å². The van der Waals surface area contributed by atoms with Crippen LogP contribution in [0.3, 0.4) is 0 Å². The molecule has 4 saturated carbocycles. The van der Waals surface area contributed by atoms with Crippen molar-refractivity contribution < 1.29 is 9.90 Å². The van der Waals surface area contributed by atoms with Crippen molar-refractivity contribution in [3.8, 4) is 0 Å². The lowest BCUT2D eigenvalue weighted by atomic mass is 9.67. The average Bonchev–Trinajstić information content (AvgIpc) is 2.51. The minimum Gasteiger partial charge on any atom is -0.481 e. The van der Waals surface area contributed by atoms with Gasteiger partial charge in [0.2, 0.25) is 0 Å². The van der Waals surface area contributed by atoms with Crippen LogP contribution in [0, 0.1) is 23.2 Å². The van der Waals surface area contributed by atoms with Crippen molar-refractivity contribution in [2.24, 2.45) is 23.2 Å². The monoisotopic (exact) mass is 194 g/mol. The van der Waals surface area contributed by atoms with Gasteiger partial charge in [-0.2, -0.15) is 0 Å². The first-order valence-electron chi connectivity index (χ1n) is 5.89. The molecular formula is C12H18O2. The van der Waals surface area contributed by atoms with E-state index < -0.39 is 5.97 Å². The van der Waals surface area contributed by atoms with Crippen LogP contribution in [0.25, 0.3) is 0 Å². The minimum atomic E-state index is -0.609. The fourth-order valence-corrected chi connectivity index (χ4v) is 4.66. The summed E-state index contributed by atoms with van der Waals surface area (Å²) in [6, 6.07) is 0. The van der Waals surface area contributed by atoms with E-state index in [0.29, 0.717) is 11.8 Å². The summed E-state index contributed by atoms with van der Waals surface area (Å²) in [5.41, 5.74) is 0.467. The number of carboxylic acids is 1. The summed E-state index contributed by atoms with van der Waals surface area (Å²) in [6.07, 6.45) is 8.30. The SMILES string of the molecule is O=C(O)CCC12CC3CC(C1)C(C3)C2. The van der Waals surface area contributed by atoms with E-state index in [1.807, 2.05) is 0 Å². The molecular weight excluding hydrogens is 176 g/mol. The van der Waals surface area contributed by atoms with Gasteiger partial charge < -0.3 is 5.11 Å². The summed E-state index contributed by atoms with van der Waals surface area (Å²) >= 11 is 0. The number of hydrogen-bond donors (Lipinski definition) is 1. The largest absolute Gasteiger partial charge is 0.481 e. The number of carbonyl (C=O) groups is 1. The highest BCUT2D eigenvalue weighted by Crippen LogP contribution is 2.65. The Hall–Kier alpha value is -0.530. The standard InChI is InChI=1S/C12H18O2/c13-11(14)1-2-12-5-8-3-9(6-12)10(4-8)7-12/h8-10H,1-7H2,(H,13,14). The molecule has 0 radical (unpaired) electrons. The van der Waals surface area contributed by atoms with Crippen molar-refractivity contribution in [1.29, 1.82) is 0 Å². The van der Waals surface area contributed by atoms with E-state index in [1.165, 1.54) is 32.1 Å². The van der Waals surface area contributed by atoms with Crippen LogP contribution in [0.15, 0.2) is 0 Å². The molecule has 2 heteroatoms. The van der Waals surface area contributed by atoms with Crippen molar-refractivity contribution in [2.75, 3.05) is 0 Å². The highest BCUT2D eigenvalue weighted by molar-refractivity contribution is 5.66. The lowest BCUT2D eigenvalue weighted by molar-refractivity contribution is -0.137. The number of aliphatic carboxylic acids is 1. The molecule has 4 aliphatic carbocycles. The Bertz CT molecular complexity index is 252. The van der Waals surface area contributed by atoms with Gasteiger partial charge in [-0.3, -0.25) is 4.79 Å². The Morgan fingerprint density at radius 1 is 1.21 bits per heavy atom. The lowest BCUT2D eigenvalue weighted by Gasteiger charge is -2.38. The third-order valence-electron chi connectivity index (χ3n) is 4.92. The van der Waals surface area contributed by atoms with Crippen molar-refractivity contribution >= 4 is 5.97 Å². The maximum Gasteiger partial charge on any atom is 0.303 e. The minimum absolute atomic E-state index is 0.395. The van der Waals surface area contributed by atoms with Gasteiger partial charge in [0.15, 0.2) is 0 Å². The molecule has 0 aromatic carbocycles. The third-order valence-corrected chi connectivity index (χ3v) is 4.92. The molecule has 0 aliphatic heterocycles. The van der Waals surface area contributed by atoms with Gasteiger partial charge >= 0.3 is 5.97 Å². The second kappa shape index (κ2) is 2.74. The Labute approximate surface area is 84.7 Å². The molecule has 2 atom stereocenters. The predicted molar refractivity (Wildman–Crippen MR) is 52.9 cm³/mol. The summed E-state index contributed by atoms with van der Waals surface area (Å²) in [7, 11) is 0. The highest BCUT2D eigenvalue weighted by atomic mass is 16.4. The van der Waals surface area contributed by atoms with Crippen LogP contribution in [-0.2, 0) is 4.79 Å². The molecule has 0 spiro atoms. The van der Waals surface area contributed by atoms with E-state index in [4.69, 9.17) is 5.11 Å². The van der Waals surface area contributed by atoms with E-state index in [9.17, 15) is 4.79 Å². The number of carboxylic acid groups (broad SMARTS) is 1. The second-order valence-electron chi connectivity index (χ2n) is 5.86. The quantitative estimate of drug-likeness (QED) is 0.750. The molecule has 4 aliphatic rings. The van der Waals surface area contributed by atoms with Crippen LogP contribution in [-0.4, -0.2) is 11.1 Å². The van der Waals surface area contributed by atoms with Crippen LogP contribution >= 0.6 is 0 Å². The van der Waals surface area contributed by atoms with Crippen LogP contribution in [0.2, 0.25) is 0 Å². The van der Waals surface area contributed by atoms with E-state index >= 15 is 0 Å². The molecule has 0 heterocycles. The Morgan fingerprint density at radius 3 is 2.36 bits per heavy atom. The number of rotatable bonds is 3. The Balaban J connectivity index is 1.71. The zero-order valence-corrected chi connectivity index (χ0v) is 8.54. The molecule has 0 amide bonds. The van der Waals surface area contributed by atoms with Crippen molar-refractivity contribution in [3.05, 3.63) is 0 Å². The zero-order chi connectivity index (χ0) is 9.76. The lowest BCUT2D eigenvalue weighted by Crippen LogP contribution is -2.27. The van der Waals surface area contributed by atoms with Crippen LogP contribution in [0.4, 0.5) is 0 Å². The topological polar surface area (TPSA) is 37.3 Å². The van der Waals surface area contributed by atoms with E-state index in [1.54, 1.807) is 0 Å². The molecule has 4 rings (SSSR count). The maximum absolute atomic E-state index is 10.6. The van der Waals surface area contributed by atoms with Crippen LogP contribution in [0.5, 0.6) is 0 Å². The smallest absolute Gasteiger partial charge is 0.303 e. The van der Waals surface area contributed by atoms with Crippen molar-refractivity contribution in [3.63, 3.8) is 0 Å². The fourth-order valence-electron chi connectivity index (χ4n) is 4.66. The summed E-state index contributed by atoms with van der Waals surface area (Å²) < 4.78 is 0. The van der Waals surface area contributed by atoms with Crippen LogP contribution < -0.4 is 0 Å². The molecule has 78 valence electrons. The fraction of sp³-hybridized carbons (Fsp3) is 0.917. The predicted octanol–water partition coefficient (Wildman–Crippen LogP) is 2.68. The Kier molecular flexibility index (Phi) is 1.71. The van der Waals surface area contributed by atoms with E-state index in [-0.39, 0.29) is 0 Å². The van der Waals surface area contributed by atoms with Gasteiger partial charge in [-0.15, -0.1) is 0 Å². The summed E-state index contributed by atoms with van der Waals surface area (Å²) in [5.74, 6) is 2.30. The second-order valence-corrected chi connectivity index (χ2v) is 5.86.